The van der Waals surface area contributed by atoms with E-state index in [0.717, 1.165) is 24.2 Å². The molecule has 0 aromatic heterocycles. The summed E-state index contributed by atoms with van der Waals surface area (Å²) in [6.07, 6.45) is 2.18. The van der Waals surface area contributed by atoms with Gasteiger partial charge in [-0.05, 0) is 42.0 Å². The maximum atomic E-state index is 12.4. The lowest BCUT2D eigenvalue weighted by molar-refractivity contribution is -0.116. The molecule has 0 radical (unpaired) electrons. The second kappa shape index (κ2) is 8.46. The number of aromatic hydroxyl groups is 1. The van der Waals surface area contributed by atoms with Crippen molar-refractivity contribution in [2.75, 3.05) is 43.5 Å². The zero-order valence-electron chi connectivity index (χ0n) is 16.0. The number of morpholine rings is 1. The summed E-state index contributed by atoms with van der Waals surface area (Å²) in [6, 6.07) is 12.0. The minimum Gasteiger partial charge on any atom is -0.508 e. The summed E-state index contributed by atoms with van der Waals surface area (Å²) in [5.41, 5.74) is 3.44. The van der Waals surface area contributed by atoms with E-state index in [9.17, 15) is 14.7 Å². The highest BCUT2D eigenvalue weighted by atomic mass is 16.5. The summed E-state index contributed by atoms with van der Waals surface area (Å²) < 4.78 is 5.32. The maximum absolute atomic E-state index is 12.4. The molecule has 0 spiro atoms. The lowest BCUT2D eigenvalue weighted by Crippen LogP contribution is -2.38. The van der Waals surface area contributed by atoms with Gasteiger partial charge in [-0.1, -0.05) is 12.1 Å². The van der Waals surface area contributed by atoms with E-state index < -0.39 is 0 Å². The van der Waals surface area contributed by atoms with Gasteiger partial charge in [-0.2, -0.15) is 0 Å². The fourth-order valence-electron chi connectivity index (χ4n) is 3.45. The van der Waals surface area contributed by atoms with Crippen LogP contribution in [0.3, 0.4) is 0 Å². The summed E-state index contributed by atoms with van der Waals surface area (Å²) in [5, 5.41) is 15.2. The van der Waals surface area contributed by atoms with Crippen molar-refractivity contribution in [1.82, 2.24) is 4.90 Å². The first kappa shape index (κ1) is 19.2. The van der Waals surface area contributed by atoms with Crippen LogP contribution < -0.4 is 10.6 Å². The standard InChI is InChI=1S/C22H23N3O4/c26-17-4-1-15(2-5-17)13-19-18-14-16(3-6-20(18)24-22(19)28)23-21(27)7-8-25-9-11-29-12-10-25/h1-6,13-14,26H,7-12H2,(H,23,27)(H,24,28)/b19-13+. The Balaban J connectivity index is 1.46. The molecular formula is C22H23N3O4. The third-order valence-electron chi connectivity index (χ3n) is 5.05. The van der Waals surface area contributed by atoms with E-state index in [-0.39, 0.29) is 17.6 Å². The number of nitrogens with one attached hydrogen (secondary N) is 2. The van der Waals surface area contributed by atoms with Crippen LogP contribution in [0, 0.1) is 0 Å². The Bertz CT molecular complexity index is 947. The number of carbonyl (C=O) groups is 2. The predicted molar refractivity (Wildman–Crippen MR) is 112 cm³/mol. The first-order valence-electron chi connectivity index (χ1n) is 9.65. The van der Waals surface area contributed by atoms with Crippen LogP contribution in [-0.4, -0.2) is 54.7 Å². The molecule has 0 unspecified atom stereocenters. The van der Waals surface area contributed by atoms with E-state index in [1.165, 1.54) is 0 Å². The fourth-order valence-corrected chi connectivity index (χ4v) is 3.45. The summed E-state index contributed by atoms with van der Waals surface area (Å²) in [6.45, 7) is 3.83. The quantitative estimate of drug-likeness (QED) is 0.679. The molecule has 0 saturated carbocycles. The lowest BCUT2D eigenvalue weighted by atomic mass is 10.0. The Hall–Kier alpha value is -3.16. The normalized spacial score (nSPS) is 17.8. The molecule has 0 bridgehead atoms. The summed E-state index contributed by atoms with van der Waals surface area (Å²) in [7, 11) is 0. The minimum atomic E-state index is -0.191. The third kappa shape index (κ3) is 4.64. The van der Waals surface area contributed by atoms with Crippen LogP contribution in [0.2, 0.25) is 0 Å². The van der Waals surface area contributed by atoms with Gasteiger partial charge in [-0.3, -0.25) is 14.5 Å². The van der Waals surface area contributed by atoms with Crippen molar-refractivity contribution in [3.8, 4) is 5.75 Å². The molecule has 7 nitrogen and oxygen atoms in total. The number of carbonyl (C=O) groups excluding carboxylic acids is 2. The van der Waals surface area contributed by atoms with Crippen molar-refractivity contribution in [1.29, 1.82) is 0 Å². The number of fused-ring (bicyclic) bond motifs is 1. The molecule has 2 aromatic carbocycles. The highest BCUT2D eigenvalue weighted by Crippen LogP contribution is 2.35. The molecule has 2 aliphatic rings. The number of benzene rings is 2. The van der Waals surface area contributed by atoms with Crippen LogP contribution in [0.1, 0.15) is 17.5 Å². The lowest BCUT2D eigenvalue weighted by Gasteiger charge is -2.26. The molecule has 1 fully saturated rings. The number of amides is 2. The Labute approximate surface area is 169 Å². The van der Waals surface area contributed by atoms with E-state index in [1.807, 2.05) is 6.07 Å². The van der Waals surface area contributed by atoms with Gasteiger partial charge in [0.25, 0.3) is 5.91 Å². The van der Waals surface area contributed by atoms with Crippen LogP contribution >= 0.6 is 0 Å². The molecule has 2 heterocycles. The second-order valence-electron chi connectivity index (χ2n) is 7.12. The number of nitrogens with zero attached hydrogens (tertiary/aromatic N) is 1. The van der Waals surface area contributed by atoms with Gasteiger partial charge in [0.15, 0.2) is 0 Å². The summed E-state index contributed by atoms with van der Waals surface area (Å²) in [4.78, 5) is 26.9. The number of anilines is 2. The van der Waals surface area contributed by atoms with Crippen LogP contribution in [0.25, 0.3) is 11.6 Å². The van der Waals surface area contributed by atoms with Crippen LogP contribution in [0.5, 0.6) is 5.75 Å². The summed E-state index contributed by atoms with van der Waals surface area (Å²) in [5.74, 6) is -0.0767. The molecular weight excluding hydrogens is 370 g/mol. The monoisotopic (exact) mass is 393 g/mol. The SMILES string of the molecule is O=C(CCN1CCOCC1)Nc1ccc2c(c1)/C(=C\c1ccc(O)cc1)C(=O)N2. The van der Waals surface area contributed by atoms with Gasteiger partial charge in [0, 0.05) is 48.6 Å². The number of hydrogen-bond acceptors (Lipinski definition) is 5. The molecule has 29 heavy (non-hydrogen) atoms. The second-order valence-corrected chi connectivity index (χ2v) is 7.12. The molecule has 1 saturated heterocycles. The van der Waals surface area contributed by atoms with Crippen molar-refractivity contribution in [3.05, 3.63) is 53.6 Å². The van der Waals surface area contributed by atoms with Crippen LogP contribution in [0.15, 0.2) is 42.5 Å². The van der Waals surface area contributed by atoms with Crippen molar-refractivity contribution < 1.29 is 19.4 Å². The maximum Gasteiger partial charge on any atom is 0.256 e. The molecule has 2 aromatic rings. The van der Waals surface area contributed by atoms with E-state index in [2.05, 4.69) is 15.5 Å². The molecule has 0 atom stereocenters. The van der Waals surface area contributed by atoms with Crippen LogP contribution in [0.4, 0.5) is 11.4 Å². The summed E-state index contributed by atoms with van der Waals surface area (Å²) >= 11 is 0. The minimum absolute atomic E-state index is 0.0576. The van der Waals surface area contributed by atoms with Gasteiger partial charge >= 0.3 is 0 Å². The zero-order valence-corrected chi connectivity index (χ0v) is 16.0. The van der Waals surface area contributed by atoms with Gasteiger partial charge in [0.1, 0.15) is 5.75 Å². The van der Waals surface area contributed by atoms with Gasteiger partial charge in [0.2, 0.25) is 5.91 Å². The largest absolute Gasteiger partial charge is 0.508 e. The molecule has 2 aliphatic heterocycles. The molecule has 7 heteroatoms. The van der Waals surface area contributed by atoms with Gasteiger partial charge in [0.05, 0.1) is 13.2 Å². The highest BCUT2D eigenvalue weighted by Gasteiger charge is 2.24. The molecule has 150 valence electrons. The van der Waals surface area contributed by atoms with Gasteiger partial charge in [-0.25, -0.2) is 0 Å². The van der Waals surface area contributed by atoms with Gasteiger partial charge < -0.3 is 20.5 Å². The zero-order chi connectivity index (χ0) is 20.2. The van der Waals surface area contributed by atoms with E-state index in [4.69, 9.17) is 4.74 Å². The fraction of sp³-hybridized carbons (Fsp3) is 0.273. The first-order chi connectivity index (χ1) is 14.1. The Morgan fingerprint density at radius 1 is 1.17 bits per heavy atom. The number of phenols is 1. The van der Waals surface area contributed by atoms with E-state index >= 15 is 0 Å². The van der Waals surface area contributed by atoms with Gasteiger partial charge in [-0.15, -0.1) is 0 Å². The smallest absolute Gasteiger partial charge is 0.256 e. The first-order valence-corrected chi connectivity index (χ1v) is 9.65. The predicted octanol–water partition coefficient (Wildman–Crippen LogP) is 2.55. The Morgan fingerprint density at radius 2 is 1.93 bits per heavy atom. The van der Waals surface area contributed by atoms with E-state index in [0.29, 0.717) is 43.1 Å². The van der Waals surface area contributed by atoms with Crippen molar-refractivity contribution in [2.45, 2.75) is 6.42 Å². The Kier molecular flexibility index (Phi) is 5.59. The molecule has 3 N–H and O–H groups in total. The average Bonchev–Trinajstić information content (AvgIpc) is 3.03. The Morgan fingerprint density at radius 3 is 2.69 bits per heavy atom. The number of ether oxygens (including phenoxy) is 1. The highest BCUT2D eigenvalue weighted by molar-refractivity contribution is 6.35. The average molecular weight is 393 g/mol. The third-order valence-corrected chi connectivity index (χ3v) is 5.05. The van der Waals surface area contributed by atoms with Crippen molar-refractivity contribution in [2.24, 2.45) is 0 Å². The van der Waals surface area contributed by atoms with Crippen molar-refractivity contribution >= 4 is 34.8 Å². The molecule has 0 aliphatic carbocycles. The number of hydrogen-bond donors (Lipinski definition) is 3. The number of rotatable bonds is 5. The van der Waals surface area contributed by atoms with Crippen LogP contribution in [-0.2, 0) is 14.3 Å². The molecule has 2 amide bonds. The van der Waals surface area contributed by atoms with E-state index in [1.54, 1.807) is 42.5 Å². The molecule has 4 rings (SSSR count). The number of phenolic OH excluding ortho intramolecular Hbond substituents is 1. The topological polar surface area (TPSA) is 90.9 Å². The van der Waals surface area contributed by atoms with Crippen molar-refractivity contribution in [3.63, 3.8) is 0 Å².